The highest BCUT2D eigenvalue weighted by atomic mass is 19.4. The topological polar surface area (TPSA) is 47.2 Å². The zero-order valence-corrected chi connectivity index (χ0v) is 16.6. The van der Waals surface area contributed by atoms with Crippen molar-refractivity contribution in [3.05, 3.63) is 59.0 Å². The van der Waals surface area contributed by atoms with Crippen molar-refractivity contribution in [2.45, 2.75) is 52.3 Å². The number of aromatic nitrogens is 1. The molecule has 0 spiro atoms. The Balaban J connectivity index is 1.82. The Labute approximate surface area is 167 Å². The highest BCUT2D eigenvalue weighted by Crippen LogP contribution is 2.30. The van der Waals surface area contributed by atoms with Gasteiger partial charge in [0.1, 0.15) is 11.5 Å². The number of hydrogen-bond acceptors (Lipinski definition) is 2. The highest BCUT2D eigenvalue weighted by molar-refractivity contribution is 5.97. The van der Waals surface area contributed by atoms with Gasteiger partial charge in [-0.15, -0.1) is 0 Å². The average Bonchev–Trinajstić information content (AvgIpc) is 3.18. The number of hydrogen-bond donors (Lipinski definition) is 1. The molecular weight excluding hydrogens is 381 g/mol. The van der Waals surface area contributed by atoms with Crippen LogP contribution in [0.25, 0.3) is 11.1 Å². The number of carbonyl (C=O) groups is 1. The number of carbonyl (C=O) groups excluding carboxylic acids is 1. The molecule has 4 nitrogen and oxygen atoms in total. The van der Waals surface area contributed by atoms with Crippen LogP contribution in [0, 0.1) is 6.92 Å². The standard InChI is InChI=1S/C22H25F3N2O2/c1-3-4-5-6-11-26-21(28)19-13-20-18(12-15(2)29-20)27(19)14-16-7-9-17(10-8-16)22(23,24)25/h7-10,12-13H,3-6,11,14H2,1-2H3,(H,26,28). The minimum absolute atomic E-state index is 0.211. The van der Waals surface area contributed by atoms with Crippen molar-refractivity contribution < 1.29 is 22.4 Å². The first-order valence-electron chi connectivity index (χ1n) is 9.83. The summed E-state index contributed by atoms with van der Waals surface area (Å²) in [5.74, 6) is 0.500. The van der Waals surface area contributed by atoms with Crippen LogP contribution in [0.15, 0.2) is 40.8 Å². The monoisotopic (exact) mass is 406 g/mol. The molecule has 3 aromatic rings. The Hall–Kier alpha value is -2.70. The highest BCUT2D eigenvalue weighted by Gasteiger charge is 2.30. The van der Waals surface area contributed by atoms with Crippen LogP contribution < -0.4 is 5.32 Å². The van der Waals surface area contributed by atoms with E-state index in [2.05, 4.69) is 12.2 Å². The molecule has 0 saturated carbocycles. The van der Waals surface area contributed by atoms with Gasteiger partial charge in [0.2, 0.25) is 0 Å². The van der Waals surface area contributed by atoms with Gasteiger partial charge in [0.05, 0.1) is 11.1 Å². The molecule has 1 amide bonds. The Morgan fingerprint density at radius 2 is 1.83 bits per heavy atom. The largest absolute Gasteiger partial charge is 0.460 e. The van der Waals surface area contributed by atoms with Gasteiger partial charge in [-0.3, -0.25) is 4.79 Å². The van der Waals surface area contributed by atoms with E-state index in [1.807, 2.05) is 13.0 Å². The fourth-order valence-corrected chi connectivity index (χ4v) is 3.35. The van der Waals surface area contributed by atoms with Crippen LogP contribution in [0.1, 0.15) is 60.0 Å². The first kappa shape index (κ1) is 21.0. The molecule has 1 N–H and O–H groups in total. The van der Waals surface area contributed by atoms with Crippen molar-refractivity contribution in [3.8, 4) is 0 Å². The van der Waals surface area contributed by atoms with Crippen molar-refractivity contribution in [3.63, 3.8) is 0 Å². The van der Waals surface area contributed by atoms with Crippen molar-refractivity contribution in [2.75, 3.05) is 6.54 Å². The third-order valence-corrected chi connectivity index (χ3v) is 4.88. The Morgan fingerprint density at radius 3 is 2.48 bits per heavy atom. The van der Waals surface area contributed by atoms with Crippen LogP contribution in [0.4, 0.5) is 13.2 Å². The number of nitrogens with one attached hydrogen (secondary N) is 1. The van der Waals surface area contributed by atoms with Crippen LogP contribution in [-0.4, -0.2) is 17.0 Å². The molecule has 0 bridgehead atoms. The van der Waals surface area contributed by atoms with Gasteiger partial charge < -0.3 is 14.3 Å². The molecule has 7 heteroatoms. The van der Waals surface area contributed by atoms with Crippen molar-refractivity contribution >= 4 is 17.0 Å². The molecule has 3 rings (SSSR count). The summed E-state index contributed by atoms with van der Waals surface area (Å²) < 4.78 is 45.8. The molecule has 0 aliphatic heterocycles. The summed E-state index contributed by atoms with van der Waals surface area (Å²) in [4.78, 5) is 12.7. The van der Waals surface area contributed by atoms with E-state index in [0.717, 1.165) is 43.3 Å². The van der Waals surface area contributed by atoms with E-state index >= 15 is 0 Å². The molecule has 0 aliphatic carbocycles. The van der Waals surface area contributed by atoms with E-state index in [4.69, 9.17) is 4.42 Å². The van der Waals surface area contributed by atoms with Crippen molar-refractivity contribution in [1.82, 2.24) is 9.88 Å². The number of rotatable bonds is 8. The average molecular weight is 406 g/mol. The number of amides is 1. The molecule has 1 aromatic carbocycles. The fourth-order valence-electron chi connectivity index (χ4n) is 3.35. The maximum atomic E-state index is 12.8. The molecule has 0 unspecified atom stereocenters. The van der Waals surface area contributed by atoms with Gasteiger partial charge in [-0.05, 0) is 31.0 Å². The number of benzene rings is 1. The normalized spacial score (nSPS) is 11.9. The number of unbranched alkanes of at least 4 members (excludes halogenated alkanes) is 3. The first-order valence-corrected chi connectivity index (χ1v) is 9.83. The summed E-state index contributed by atoms with van der Waals surface area (Å²) in [7, 11) is 0. The van der Waals surface area contributed by atoms with E-state index < -0.39 is 11.7 Å². The quantitative estimate of drug-likeness (QED) is 0.472. The van der Waals surface area contributed by atoms with Gasteiger partial charge in [-0.25, -0.2) is 0 Å². The Bertz CT molecular complexity index is 969. The zero-order valence-electron chi connectivity index (χ0n) is 16.6. The Morgan fingerprint density at radius 1 is 1.10 bits per heavy atom. The summed E-state index contributed by atoms with van der Waals surface area (Å²) in [5, 5.41) is 2.93. The lowest BCUT2D eigenvalue weighted by Crippen LogP contribution is -2.27. The smallest absolute Gasteiger partial charge is 0.416 e. The van der Waals surface area contributed by atoms with E-state index in [9.17, 15) is 18.0 Å². The van der Waals surface area contributed by atoms with Gasteiger partial charge in [-0.1, -0.05) is 38.3 Å². The maximum Gasteiger partial charge on any atom is 0.416 e. The van der Waals surface area contributed by atoms with Crippen molar-refractivity contribution in [2.24, 2.45) is 0 Å². The maximum absolute atomic E-state index is 12.8. The number of fused-ring (bicyclic) bond motifs is 1. The minimum atomic E-state index is -4.37. The molecule has 0 fully saturated rings. The van der Waals surface area contributed by atoms with Gasteiger partial charge >= 0.3 is 6.18 Å². The summed E-state index contributed by atoms with van der Waals surface area (Å²) in [6.45, 7) is 4.81. The van der Waals surface area contributed by atoms with Crippen LogP contribution in [0.3, 0.4) is 0 Å². The van der Waals surface area contributed by atoms with Crippen LogP contribution in [0.5, 0.6) is 0 Å². The summed E-state index contributed by atoms with van der Waals surface area (Å²) >= 11 is 0. The van der Waals surface area contributed by atoms with E-state index in [1.54, 1.807) is 10.6 Å². The summed E-state index contributed by atoms with van der Waals surface area (Å²) in [6, 6.07) is 8.52. The second-order valence-electron chi connectivity index (χ2n) is 7.23. The van der Waals surface area contributed by atoms with Crippen LogP contribution >= 0.6 is 0 Å². The summed E-state index contributed by atoms with van der Waals surface area (Å²) in [6.07, 6.45) is -0.144. The van der Waals surface area contributed by atoms with E-state index in [1.165, 1.54) is 12.1 Å². The number of nitrogens with zero attached hydrogens (tertiary/aromatic N) is 1. The molecular formula is C22H25F3N2O2. The minimum Gasteiger partial charge on any atom is -0.460 e. The van der Waals surface area contributed by atoms with Crippen molar-refractivity contribution in [1.29, 1.82) is 0 Å². The second kappa shape index (κ2) is 8.76. The lowest BCUT2D eigenvalue weighted by Gasteiger charge is -2.12. The first-order chi connectivity index (χ1) is 13.8. The van der Waals surface area contributed by atoms with Gasteiger partial charge in [0, 0.05) is 25.2 Å². The predicted octanol–water partition coefficient (Wildman–Crippen LogP) is 5.92. The van der Waals surface area contributed by atoms with Crippen LogP contribution in [0.2, 0.25) is 0 Å². The van der Waals surface area contributed by atoms with E-state index in [-0.39, 0.29) is 12.5 Å². The number of aryl methyl sites for hydroxylation is 1. The Kier molecular flexibility index (Phi) is 6.35. The third-order valence-electron chi connectivity index (χ3n) is 4.88. The molecule has 0 radical (unpaired) electrons. The number of alkyl halides is 3. The molecule has 0 atom stereocenters. The van der Waals surface area contributed by atoms with Gasteiger partial charge in [0.15, 0.2) is 5.58 Å². The summed E-state index contributed by atoms with van der Waals surface area (Å²) in [5.41, 5.74) is 1.76. The predicted molar refractivity (Wildman–Crippen MR) is 106 cm³/mol. The molecule has 29 heavy (non-hydrogen) atoms. The lowest BCUT2D eigenvalue weighted by molar-refractivity contribution is -0.137. The fraction of sp³-hybridized carbons (Fsp3) is 0.409. The van der Waals surface area contributed by atoms with Gasteiger partial charge in [0.25, 0.3) is 5.91 Å². The van der Waals surface area contributed by atoms with Crippen LogP contribution in [-0.2, 0) is 12.7 Å². The molecule has 156 valence electrons. The molecule has 2 aromatic heterocycles. The van der Waals surface area contributed by atoms with Gasteiger partial charge in [-0.2, -0.15) is 13.2 Å². The SMILES string of the molecule is CCCCCCNC(=O)c1cc2oc(C)cc2n1Cc1ccc(C(F)(F)F)cc1. The van der Waals surface area contributed by atoms with E-state index in [0.29, 0.717) is 29.1 Å². The third kappa shape index (κ3) is 5.02. The number of furan rings is 1. The second-order valence-corrected chi connectivity index (χ2v) is 7.23. The molecule has 0 saturated heterocycles. The number of halogens is 3. The molecule has 0 aliphatic rings. The zero-order chi connectivity index (χ0) is 21.0. The lowest BCUT2D eigenvalue weighted by atomic mass is 10.1. The molecule has 2 heterocycles.